The fraction of sp³-hybridized carbons (Fsp3) is 0.190. The molecule has 28 heavy (non-hydrogen) atoms. The molecule has 0 aliphatic carbocycles. The average molecular weight is 378 g/mol. The van der Waals surface area contributed by atoms with Crippen molar-refractivity contribution in [1.29, 1.82) is 0 Å². The van der Waals surface area contributed by atoms with Crippen LogP contribution in [-0.4, -0.2) is 30.3 Å². The highest BCUT2D eigenvalue weighted by molar-refractivity contribution is 6.03. The Labute approximate surface area is 163 Å². The molecule has 0 fully saturated rings. The summed E-state index contributed by atoms with van der Waals surface area (Å²) in [5, 5.41) is 14.1. The maximum absolute atomic E-state index is 12.4. The molecule has 3 aromatic rings. The van der Waals surface area contributed by atoms with Crippen LogP contribution in [0, 0.1) is 13.8 Å². The summed E-state index contributed by atoms with van der Waals surface area (Å²) >= 11 is 0. The number of carbonyl (C=O) groups excluding carboxylic acids is 1. The summed E-state index contributed by atoms with van der Waals surface area (Å²) < 4.78 is 10.5. The Kier molecular flexibility index (Phi) is 5.74. The van der Waals surface area contributed by atoms with Crippen LogP contribution in [0.1, 0.15) is 21.5 Å². The van der Waals surface area contributed by atoms with Crippen LogP contribution in [0.15, 0.2) is 48.5 Å². The third kappa shape index (κ3) is 4.37. The molecule has 7 heteroatoms. The van der Waals surface area contributed by atoms with E-state index >= 15 is 0 Å². The summed E-state index contributed by atoms with van der Waals surface area (Å²) in [5.41, 5.74) is 3.51. The van der Waals surface area contributed by atoms with Crippen molar-refractivity contribution < 1.29 is 14.3 Å². The largest absolute Gasteiger partial charge is 0.497 e. The first-order valence-electron chi connectivity index (χ1n) is 8.71. The standard InChI is InChI=1S/C21H22N4O3/c1-13-5-6-15(11-14(13)2)21(26)23-20-10-9-19(24-25-20)22-17-8-7-16(27-3)12-18(17)28-4/h5-12H,1-4H3,(H,22,24)(H,23,25,26). The van der Waals surface area contributed by atoms with E-state index in [-0.39, 0.29) is 5.91 Å². The number of hydrogen-bond donors (Lipinski definition) is 2. The Morgan fingerprint density at radius 3 is 2.25 bits per heavy atom. The summed E-state index contributed by atoms with van der Waals surface area (Å²) in [6.07, 6.45) is 0. The number of ether oxygens (including phenoxy) is 2. The molecule has 0 aliphatic rings. The van der Waals surface area contributed by atoms with Gasteiger partial charge < -0.3 is 20.1 Å². The fourth-order valence-corrected chi connectivity index (χ4v) is 2.58. The number of rotatable bonds is 6. The van der Waals surface area contributed by atoms with E-state index in [1.54, 1.807) is 38.5 Å². The van der Waals surface area contributed by atoms with Crippen molar-refractivity contribution in [3.05, 3.63) is 65.2 Å². The molecule has 1 aromatic heterocycles. The number of nitrogens with zero attached hydrogens (tertiary/aromatic N) is 2. The second-order valence-corrected chi connectivity index (χ2v) is 6.25. The van der Waals surface area contributed by atoms with Crippen molar-refractivity contribution in [3.8, 4) is 11.5 Å². The van der Waals surface area contributed by atoms with Gasteiger partial charge in [0.2, 0.25) is 0 Å². The number of aryl methyl sites for hydroxylation is 2. The third-order valence-corrected chi connectivity index (χ3v) is 4.35. The van der Waals surface area contributed by atoms with Crippen LogP contribution in [0.25, 0.3) is 0 Å². The lowest BCUT2D eigenvalue weighted by molar-refractivity contribution is 0.102. The van der Waals surface area contributed by atoms with Crippen LogP contribution in [-0.2, 0) is 0 Å². The van der Waals surface area contributed by atoms with Gasteiger partial charge in [-0.3, -0.25) is 4.79 Å². The van der Waals surface area contributed by atoms with Crippen molar-refractivity contribution in [2.45, 2.75) is 13.8 Å². The summed E-state index contributed by atoms with van der Waals surface area (Å²) in [7, 11) is 3.18. The van der Waals surface area contributed by atoms with Crippen LogP contribution in [0.5, 0.6) is 11.5 Å². The van der Waals surface area contributed by atoms with Gasteiger partial charge in [-0.05, 0) is 61.4 Å². The lowest BCUT2D eigenvalue weighted by Crippen LogP contribution is -2.13. The van der Waals surface area contributed by atoms with Crippen molar-refractivity contribution in [1.82, 2.24) is 10.2 Å². The van der Waals surface area contributed by atoms with Crippen LogP contribution in [0.4, 0.5) is 17.3 Å². The Balaban J connectivity index is 1.70. The highest BCUT2D eigenvalue weighted by atomic mass is 16.5. The quantitative estimate of drug-likeness (QED) is 0.671. The smallest absolute Gasteiger partial charge is 0.256 e. The summed E-state index contributed by atoms with van der Waals surface area (Å²) in [4.78, 5) is 12.4. The Hall–Kier alpha value is -3.61. The molecule has 1 heterocycles. The molecular formula is C21H22N4O3. The SMILES string of the molecule is COc1ccc(Nc2ccc(NC(=O)c3ccc(C)c(C)c3)nn2)c(OC)c1. The zero-order valence-electron chi connectivity index (χ0n) is 16.2. The summed E-state index contributed by atoms with van der Waals surface area (Å²) in [6, 6.07) is 14.4. The maximum atomic E-state index is 12.4. The molecular weight excluding hydrogens is 356 g/mol. The predicted octanol–water partition coefficient (Wildman–Crippen LogP) is 4.11. The second kappa shape index (κ2) is 8.39. The normalized spacial score (nSPS) is 10.3. The minimum atomic E-state index is -0.227. The molecule has 0 saturated heterocycles. The van der Waals surface area contributed by atoms with Crippen LogP contribution < -0.4 is 20.1 Å². The molecule has 0 bridgehead atoms. The van der Waals surface area contributed by atoms with Gasteiger partial charge in [-0.15, -0.1) is 10.2 Å². The van der Waals surface area contributed by atoms with Crippen LogP contribution in [0.2, 0.25) is 0 Å². The molecule has 0 spiro atoms. The lowest BCUT2D eigenvalue weighted by Gasteiger charge is -2.12. The molecule has 0 aliphatic heterocycles. The van der Waals surface area contributed by atoms with Gasteiger partial charge in [-0.2, -0.15) is 0 Å². The highest BCUT2D eigenvalue weighted by Crippen LogP contribution is 2.30. The molecule has 2 N–H and O–H groups in total. The number of nitrogens with one attached hydrogen (secondary N) is 2. The number of hydrogen-bond acceptors (Lipinski definition) is 6. The minimum absolute atomic E-state index is 0.227. The highest BCUT2D eigenvalue weighted by Gasteiger charge is 2.10. The minimum Gasteiger partial charge on any atom is -0.497 e. The molecule has 3 rings (SSSR count). The van der Waals surface area contributed by atoms with Gasteiger partial charge in [-0.1, -0.05) is 6.07 Å². The average Bonchev–Trinajstić information content (AvgIpc) is 2.71. The number of methoxy groups -OCH3 is 2. The molecule has 0 atom stereocenters. The number of benzene rings is 2. The van der Waals surface area contributed by atoms with E-state index in [2.05, 4.69) is 20.8 Å². The van der Waals surface area contributed by atoms with E-state index < -0.39 is 0 Å². The van der Waals surface area contributed by atoms with E-state index in [1.807, 2.05) is 38.1 Å². The van der Waals surface area contributed by atoms with Crippen molar-refractivity contribution >= 4 is 23.2 Å². The molecule has 7 nitrogen and oxygen atoms in total. The van der Waals surface area contributed by atoms with Gasteiger partial charge in [-0.25, -0.2) is 0 Å². The predicted molar refractivity (Wildman–Crippen MR) is 109 cm³/mol. The lowest BCUT2D eigenvalue weighted by atomic mass is 10.1. The van der Waals surface area contributed by atoms with E-state index in [9.17, 15) is 4.79 Å². The molecule has 144 valence electrons. The Bertz CT molecular complexity index is 987. The number of carbonyl (C=O) groups is 1. The van der Waals surface area contributed by atoms with Crippen LogP contribution in [0.3, 0.4) is 0 Å². The van der Waals surface area contributed by atoms with E-state index in [0.717, 1.165) is 16.8 Å². The van der Waals surface area contributed by atoms with Gasteiger partial charge in [0.1, 0.15) is 11.5 Å². The summed E-state index contributed by atoms with van der Waals surface area (Å²) in [6.45, 7) is 3.98. The van der Waals surface area contributed by atoms with E-state index in [0.29, 0.717) is 28.7 Å². The zero-order valence-corrected chi connectivity index (χ0v) is 16.2. The molecule has 1 amide bonds. The first kappa shape index (κ1) is 19.2. The first-order valence-corrected chi connectivity index (χ1v) is 8.71. The molecule has 0 radical (unpaired) electrons. The molecule has 0 saturated carbocycles. The van der Waals surface area contributed by atoms with Crippen molar-refractivity contribution in [2.75, 3.05) is 24.9 Å². The Morgan fingerprint density at radius 2 is 1.61 bits per heavy atom. The first-order chi connectivity index (χ1) is 13.5. The summed E-state index contributed by atoms with van der Waals surface area (Å²) in [5.74, 6) is 1.98. The molecule has 2 aromatic carbocycles. The van der Waals surface area contributed by atoms with Gasteiger partial charge in [0, 0.05) is 11.6 Å². The third-order valence-electron chi connectivity index (χ3n) is 4.35. The monoisotopic (exact) mass is 378 g/mol. The van der Waals surface area contributed by atoms with Gasteiger partial charge in [0.05, 0.1) is 19.9 Å². The van der Waals surface area contributed by atoms with Crippen LogP contribution >= 0.6 is 0 Å². The number of aromatic nitrogens is 2. The topological polar surface area (TPSA) is 85.4 Å². The van der Waals surface area contributed by atoms with Crippen molar-refractivity contribution in [2.24, 2.45) is 0 Å². The maximum Gasteiger partial charge on any atom is 0.256 e. The molecule has 0 unspecified atom stereocenters. The fourth-order valence-electron chi connectivity index (χ4n) is 2.58. The van der Waals surface area contributed by atoms with Gasteiger partial charge in [0.25, 0.3) is 5.91 Å². The van der Waals surface area contributed by atoms with Gasteiger partial charge >= 0.3 is 0 Å². The number of anilines is 3. The second-order valence-electron chi connectivity index (χ2n) is 6.25. The number of amides is 1. The zero-order chi connectivity index (χ0) is 20.1. The van der Waals surface area contributed by atoms with E-state index in [1.165, 1.54) is 0 Å². The Morgan fingerprint density at radius 1 is 0.857 bits per heavy atom. The van der Waals surface area contributed by atoms with E-state index in [4.69, 9.17) is 9.47 Å². The van der Waals surface area contributed by atoms with Crippen molar-refractivity contribution in [3.63, 3.8) is 0 Å². The van der Waals surface area contributed by atoms with Gasteiger partial charge in [0.15, 0.2) is 11.6 Å².